The van der Waals surface area contributed by atoms with Crippen LogP contribution in [-0.2, 0) is 0 Å². The number of nitrogens with one attached hydrogen (secondary N) is 1. The van der Waals surface area contributed by atoms with E-state index in [-0.39, 0.29) is 0 Å². The molecule has 3 heteroatoms. The van der Waals surface area contributed by atoms with Gasteiger partial charge in [0.25, 0.3) is 0 Å². The van der Waals surface area contributed by atoms with Crippen LogP contribution in [-0.4, -0.2) is 11.0 Å². The molecule has 0 bridgehead atoms. The van der Waals surface area contributed by atoms with Crippen molar-refractivity contribution in [3.63, 3.8) is 0 Å². The molecule has 1 aliphatic carbocycles. The van der Waals surface area contributed by atoms with Crippen molar-refractivity contribution in [3.8, 4) is 0 Å². The minimum Gasteiger partial charge on any atom is -0.380 e. The first-order valence-electron chi connectivity index (χ1n) is 7.37. The second-order valence-electron chi connectivity index (χ2n) is 6.46. The van der Waals surface area contributed by atoms with Gasteiger partial charge in [0, 0.05) is 22.6 Å². The van der Waals surface area contributed by atoms with Crippen molar-refractivity contribution in [2.75, 3.05) is 5.32 Å². The Morgan fingerprint density at radius 2 is 2.15 bits per heavy atom. The topological polar surface area (TPSA) is 24.9 Å². The lowest BCUT2D eigenvalue weighted by molar-refractivity contribution is 0.217. The number of anilines is 1. The SMILES string of the molecule is CC1(C)CCCCC1Nc1cc(Cl)cc2cccnc12. The van der Waals surface area contributed by atoms with Crippen molar-refractivity contribution in [1.29, 1.82) is 0 Å². The Balaban J connectivity index is 1.98. The lowest BCUT2D eigenvalue weighted by Crippen LogP contribution is -2.39. The van der Waals surface area contributed by atoms with Crippen LogP contribution in [0.25, 0.3) is 10.9 Å². The molecule has 1 aliphatic rings. The minimum absolute atomic E-state index is 0.321. The number of fused-ring (bicyclic) bond motifs is 1. The van der Waals surface area contributed by atoms with Crippen molar-refractivity contribution in [2.45, 2.75) is 45.6 Å². The summed E-state index contributed by atoms with van der Waals surface area (Å²) in [5.74, 6) is 0. The molecular weight excluding hydrogens is 268 g/mol. The molecule has 2 nitrogen and oxygen atoms in total. The van der Waals surface area contributed by atoms with Gasteiger partial charge in [0.1, 0.15) is 0 Å². The summed E-state index contributed by atoms with van der Waals surface area (Å²) >= 11 is 6.24. The first kappa shape index (κ1) is 13.7. The van der Waals surface area contributed by atoms with Crippen LogP contribution < -0.4 is 5.32 Å². The molecule has 1 fully saturated rings. The van der Waals surface area contributed by atoms with Crippen LogP contribution in [0.4, 0.5) is 5.69 Å². The van der Waals surface area contributed by atoms with E-state index in [2.05, 4.69) is 30.2 Å². The molecule has 0 radical (unpaired) electrons. The average molecular weight is 289 g/mol. The van der Waals surface area contributed by atoms with Crippen LogP contribution in [0.3, 0.4) is 0 Å². The Hall–Kier alpha value is -1.28. The first-order valence-corrected chi connectivity index (χ1v) is 7.75. The quantitative estimate of drug-likeness (QED) is 0.814. The fraction of sp³-hybridized carbons (Fsp3) is 0.471. The molecule has 0 amide bonds. The average Bonchev–Trinajstić information content (AvgIpc) is 2.41. The van der Waals surface area contributed by atoms with Gasteiger partial charge in [0.05, 0.1) is 11.2 Å². The molecule has 1 atom stereocenters. The third-order valence-electron chi connectivity index (χ3n) is 4.51. The monoisotopic (exact) mass is 288 g/mol. The van der Waals surface area contributed by atoms with E-state index in [1.54, 1.807) is 0 Å². The van der Waals surface area contributed by atoms with Gasteiger partial charge in [0.15, 0.2) is 0 Å². The Bertz CT molecular complexity index is 621. The molecule has 2 aromatic rings. The van der Waals surface area contributed by atoms with E-state index in [4.69, 9.17) is 11.6 Å². The number of benzene rings is 1. The van der Waals surface area contributed by atoms with E-state index in [0.717, 1.165) is 21.6 Å². The predicted molar refractivity (Wildman–Crippen MR) is 86.4 cm³/mol. The standard InChI is InChI=1S/C17H21ClN2/c1-17(2)8-4-3-7-15(17)20-14-11-13(18)10-12-6-5-9-19-16(12)14/h5-6,9-11,15,20H,3-4,7-8H2,1-2H3. The molecular formula is C17H21ClN2. The molecule has 1 heterocycles. The number of hydrogen-bond acceptors (Lipinski definition) is 2. The number of pyridine rings is 1. The summed E-state index contributed by atoms with van der Waals surface area (Å²) in [6.07, 6.45) is 6.96. The Morgan fingerprint density at radius 1 is 1.30 bits per heavy atom. The number of rotatable bonds is 2. The first-order chi connectivity index (χ1) is 9.56. The smallest absolute Gasteiger partial charge is 0.0934 e. The van der Waals surface area contributed by atoms with E-state index in [9.17, 15) is 0 Å². The second kappa shape index (κ2) is 5.25. The van der Waals surface area contributed by atoms with Gasteiger partial charge in [-0.2, -0.15) is 0 Å². The van der Waals surface area contributed by atoms with Crippen LogP contribution in [0.15, 0.2) is 30.5 Å². The third kappa shape index (κ3) is 2.62. The molecule has 0 aliphatic heterocycles. The van der Waals surface area contributed by atoms with Crippen molar-refractivity contribution in [1.82, 2.24) is 4.98 Å². The second-order valence-corrected chi connectivity index (χ2v) is 6.90. The van der Waals surface area contributed by atoms with Gasteiger partial charge in [-0.1, -0.05) is 44.4 Å². The van der Waals surface area contributed by atoms with E-state index in [1.807, 2.05) is 24.4 Å². The Kier molecular flexibility index (Phi) is 3.59. The maximum atomic E-state index is 6.24. The molecule has 1 unspecified atom stereocenters. The summed E-state index contributed by atoms with van der Waals surface area (Å²) < 4.78 is 0. The van der Waals surface area contributed by atoms with E-state index in [1.165, 1.54) is 25.7 Å². The van der Waals surface area contributed by atoms with Gasteiger partial charge in [-0.05, 0) is 36.5 Å². The summed E-state index contributed by atoms with van der Waals surface area (Å²) in [4.78, 5) is 4.51. The van der Waals surface area contributed by atoms with Crippen LogP contribution in [0.1, 0.15) is 39.5 Å². The summed E-state index contributed by atoms with van der Waals surface area (Å²) in [5.41, 5.74) is 2.40. The van der Waals surface area contributed by atoms with Crippen LogP contribution in [0, 0.1) is 5.41 Å². The summed E-state index contributed by atoms with van der Waals surface area (Å²) in [6, 6.07) is 8.47. The lowest BCUT2D eigenvalue weighted by atomic mass is 9.73. The third-order valence-corrected chi connectivity index (χ3v) is 4.72. The van der Waals surface area contributed by atoms with Crippen LogP contribution in [0.5, 0.6) is 0 Å². The molecule has 1 aromatic carbocycles. The number of hydrogen-bond donors (Lipinski definition) is 1. The van der Waals surface area contributed by atoms with Crippen molar-refractivity contribution in [2.24, 2.45) is 5.41 Å². The molecule has 0 spiro atoms. The summed E-state index contributed by atoms with van der Waals surface area (Å²) in [6.45, 7) is 4.70. The van der Waals surface area contributed by atoms with Gasteiger partial charge >= 0.3 is 0 Å². The normalized spacial score (nSPS) is 21.9. The predicted octanol–water partition coefficient (Wildman–Crippen LogP) is 5.27. The molecule has 1 N–H and O–H groups in total. The largest absolute Gasteiger partial charge is 0.380 e. The van der Waals surface area contributed by atoms with Gasteiger partial charge in [-0.3, -0.25) is 4.98 Å². The van der Waals surface area contributed by atoms with Gasteiger partial charge < -0.3 is 5.32 Å². The summed E-state index contributed by atoms with van der Waals surface area (Å²) in [5, 5.41) is 5.57. The molecule has 1 aromatic heterocycles. The van der Waals surface area contributed by atoms with Crippen LogP contribution >= 0.6 is 11.6 Å². The maximum Gasteiger partial charge on any atom is 0.0934 e. The van der Waals surface area contributed by atoms with Gasteiger partial charge in [-0.25, -0.2) is 0 Å². The van der Waals surface area contributed by atoms with Crippen molar-refractivity contribution >= 4 is 28.2 Å². The number of nitrogens with zero attached hydrogens (tertiary/aromatic N) is 1. The highest BCUT2D eigenvalue weighted by molar-refractivity contribution is 6.31. The van der Waals surface area contributed by atoms with E-state index >= 15 is 0 Å². The highest BCUT2D eigenvalue weighted by Gasteiger charge is 2.32. The highest BCUT2D eigenvalue weighted by Crippen LogP contribution is 2.38. The summed E-state index contributed by atoms with van der Waals surface area (Å²) in [7, 11) is 0. The fourth-order valence-corrected chi connectivity index (χ4v) is 3.44. The van der Waals surface area contributed by atoms with Gasteiger partial charge in [0.2, 0.25) is 0 Å². The number of halogens is 1. The zero-order valence-corrected chi connectivity index (χ0v) is 12.9. The maximum absolute atomic E-state index is 6.24. The molecule has 20 heavy (non-hydrogen) atoms. The highest BCUT2D eigenvalue weighted by atomic mass is 35.5. The van der Waals surface area contributed by atoms with Crippen molar-refractivity contribution in [3.05, 3.63) is 35.5 Å². The molecule has 1 saturated carbocycles. The van der Waals surface area contributed by atoms with Crippen LogP contribution in [0.2, 0.25) is 5.02 Å². The lowest BCUT2D eigenvalue weighted by Gasteiger charge is -2.39. The fourth-order valence-electron chi connectivity index (χ4n) is 3.22. The molecule has 106 valence electrons. The molecule has 3 rings (SSSR count). The molecule has 0 saturated heterocycles. The minimum atomic E-state index is 0.321. The number of aromatic nitrogens is 1. The zero-order chi connectivity index (χ0) is 14.2. The van der Waals surface area contributed by atoms with Crippen molar-refractivity contribution < 1.29 is 0 Å². The zero-order valence-electron chi connectivity index (χ0n) is 12.1. The Labute approximate surface area is 125 Å². The Morgan fingerprint density at radius 3 is 2.95 bits per heavy atom. The van der Waals surface area contributed by atoms with E-state index in [0.29, 0.717) is 11.5 Å². The van der Waals surface area contributed by atoms with Gasteiger partial charge in [-0.15, -0.1) is 0 Å². The van der Waals surface area contributed by atoms with E-state index < -0.39 is 0 Å².